The Balaban J connectivity index is 2.07. The fraction of sp³-hybridized carbons (Fsp3) is 0.267. The number of benzene rings is 1. The number of ether oxygens (including phenoxy) is 1. The fourth-order valence-corrected chi connectivity index (χ4v) is 2.23. The van der Waals surface area contributed by atoms with Crippen LogP contribution in [0.1, 0.15) is 18.2 Å². The highest BCUT2D eigenvalue weighted by Crippen LogP contribution is 2.23. The lowest BCUT2D eigenvalue weighted by Gasteiger charge is -2.11. The second kappa shape index (κ2) is 7.15. The Bertz CT molecular complexity index is 841. The molecule has 0 unspecified atom stereocenters. The molecule has 2 aromatic rings. The zero-order chi connectivity index (χ0) is 17.0. The normalized spacial score (nSPS) is 10.4. The molecule has 1 heterocycles. The number of halogens is 1. The quantitative estimate of drug-likeness (QED) is 0.770. The summed E-state index contributed by atoms with van der Waals surface area (Å²) in [5, 5.41) is 3.01. The van der Waals surface area contributed by atoms with Crippen LogP contribution in [0.3, 0.4) is 0 Å². The van der Waals surface area contributed by atoms with Crippen LogP contribution in [0, 0.1) is 6.92 Å². The highest BCUT2D eigenvalue weighted by Gasteiger charge is 2.11. The Kier molecular flexibility index (Phi) is 5.23. The molecule has 0 aliphatic carbocycles. The molecule has 0 saturated carbocycles. The third-order valence-electron chi connectivity index (χ3n) is 3.16. The van der Waals surface area contributed by atoms with E-state index in [-0.39, 0.29) is 18.0 Å². The highest BCUT2D eigenvalue weighted by molar-refractivity contribution is 6.30. The van der Waals surface area contributed by atoms with Crippen LogP contribution in [-0.4, -0.2) is 22.5 Å². The molecule has 0 aliphatic rings. The number of amides is 1. The number of aromatic amines is 2. The zero-order valence-corrected chi connectivity index (χ0v) is 13.4. The van der Waals surface area contributed by atoms with Gasteiger partial charge in [0.1, 0.15) is 11.4 Å². The van der Waals surface area contributed by atoms with Crippen LogP contribution >= 0.6 is 11.6 Å². The first-order valence-corrected chi connectivity index (χ1v) is 7.32. The van der Waals surface area contributed by atoms with Gasteiger partial charge in [0, 0.05) is 10.7 Å². The summed E-state index contributed by atoms with van der Waals surface area (Å²) in [4.78, 5) is 39.1. The van der Waals surface area contributed by atoms with E-state index in [2.05, 4.69) is 10.3 Å². The standard InChI is InChI=1S/C15H16ClN3O4/c1-3-9-6-10(16)4-5-11(9)23-7-12(20)18-13-8(2)17-15(22)19-14(13)21/h4-6H,3,7H2,1-2H3,(H,18,20)(H2,17,19,21,22). The molecule has 0 saturated heterocycles. The molecule has 0 bridgehead atoms. The molecule has 7 nitrogen and oxygen atoms in total. The zero-order valence-electron chi connectivity index (χ0n) is 12.7. The molecule has 1 aromatic heterocycles. The molecule has 2 rings (SSSR count). The highest BCUT2D eigenvalue weighted by atomic mass is 35.5. The van der Waals surface area contributed by atoms with Crippen LogP contribution < -0.4 is 21.3 Å². The molecule has 1 aromatic carbocycles. The van der Waals surface area contributed by atoms with Gasteiger partial charge in [-0.2, -0.15) is 0 Å². The molecule has 122 valence electrons. The van der Waals surface area contributed by atoms with Crippen molar-refractivity contribution in [1.29, 1.82) is 0 Å². The van der Waals surface area contributed by atoms with Crippen LogP contribution in [-0.2, 0) is 11.2 Å². The first-order valence-electron chi connectivity index (χ1n) is 6.95. The van der Waals surface area contributed by atoms with Crippen molar-refractivity contribution in [3.8, 4) is 5.75 Å². The molecule has 0 spiro atoms. The van der Waals surface area contributed by atoms with Gasteiger partial charge in [-0.05, 0) is 37.1 Å². The van der Waals surface area contributed by atoms with Crippen molar-refractivity contribution in [3.63, 3.8) is 0 Å². The van der Waals surface area contributed by atoms with E-state index in [1.165, 1.54) is 6.92 Å². The molecule has 0 atom stereocenters. The predicted octanol–water partition coefficient (Wildman–Crippen LogP) is 1.60. The van der Waals surface area contributed by atoms with Crippen molar-refractivity contribution in [2.75, 3.05) is 11.9 Å². The molecule has 0 radical (unpaired) electrons. The third-order valence-corrected chi connectivity index (χ3v) is 3.39. The van der Waals surface area contributed by atoms with E-state index in [1.54, 1.807) is 18.2 Å². The van der Waals surface area contributed by atoms with Crippen LogP contribution in [0.15, 0.2) is 27.8 Å². The summed E-state index contributed by atoms with van der Waals surface area (Å²) in [6, 6.07) is 5.13. The van der Waals surface area contributed by atoms with E-state index in [0.29, 0.717) is 17.2 Å². The maximum absolute atomic E-state index is 11.9. The summed E-state index contributed by atoms with van der Waals surface area (Å²) in [6.07, 6.45) is 0.705. The average Bonchev–Trinajstić information content (AvgIpc) is 2.49. The van der Waals surface area contributed by atoms with Gasteiger partial charge >= 0.3 is 5.69 Å². The SMILES string of the molecule is CCc1cc(Cl)ccc1OCC(=O)Nc1c(C)[nH]c(=O)[nH]c1=O. The van der Waals surface area contributed by atoms with Gasteiger partial charge in [0.05, 0.1) is 0 Å². The first kappa shape index (κ1) is 16.8. The monoisotopic (exact) mass is 337 g/mol. The molecule has 1 amide bonds. The number of hydrogen-bond donors (Lipinski definition) is 3. The number of nitrogens with one attached hydrogen (secondary N) is 3. The number of rotatable bonds is 5. The van der Waals surface area contributed by atoms with Gasteiger partial charge in [-0.1, -0.05) is 18.5 Å². The van der Waals surface area contributed by atoms with E-state index in [4.69, 9.17) is 16.3 Å². The van der Waals surface area contributed by atoms with E-state index in [1.807, 2.05) is 11.9 Å². The Morgan fingerprint density at radius 3 is 2.70 bits per heavy atom. The van der Waals surface area contributed by atoms with Crippen molar-refractivity contribution in [3.05, 3.63) is 55.3 Å². The van der Waals surface area contributed by atoms with Crippen molar-refractivity contribution < 1.29 is 9.53 Å². The second-order valence-corrected chi connectivity index (χ2v) is 5.29. The van der Waals surface area contributed by atoms with Crippen LogP contribution in [0.2, 0.25) is 5.02 Å². The van der Waals surface area contributed by atoms with Crippen molar-refractivity contribution >= 4 is 23.2 Å². The number of H-pyrrole nitrogens is 2. The lowest BCUT2D eigenvalue weighted by atomic mass is 10.1. The molecule has 3 N–H and O–H groups in total. The Morgan fingerprint density at radius 1 is 1.30 bits per heavy atom. The number of carbonyl (C=O) groups is 1. The minimum absolute atomic E-state index is 0.00924. The maximum Gasteiger partial charge on any atom is 0.326 e. The maximum atomic E-state index is 11.9. The summed E-state index contributed by atoms with van der Waals surface area (Å²) in [6.45, 7) is 3.19. The minimum atomic E-state index is -0.666. The van der Waals surface area contributed by atoms with Gasteiger partial charge in [0.2, 0.25) is 0 Å². The molecule has 23 heavy (non-hydrogen) atoms. The van der Waals surface area contributed by atoms with Crippen LogP contribution in [0.25, 0.3) is 0 Å². The first-order chi connectivity index (χ1) is 10.9. The van der Waals surface area contributed by atoms with E-state index < -0.39 is 17.2 Å². The van der Waals surface area contributed by atoms with Gasteiger partial charge < -0.3 is 15.0 Å². The summed E-state index contributed by atoms with van der Waals surface area (Å²) in [5.41, 5.74) is -0.155. The van der Waals surface area contributed by atoms with Gasteiger partial charge in [-0.3, -0.25) is 14.6 Å². The van der Waals surface area contributed by atoms with E-state index in [9.17, 15) is 14.4 Å². The summed E-state index contributed by atoms with van der Waals surface area (Å²) in [5.74, 6) is 0.0433. The number of carbonyl (C=O) groups excluding carboxylic acids is 1. The second-order valence-electron chi connectivity index (χ2n) is 4.85. The Hall–Kier alpha value is -2.54. The van der Waals surface area contributed by atoms with Crippen molar-refractivity contribution in [2.45, 2.75) is 20.3 Å². The molecule has 0 aliphatic heterocycles. The Labute approximate surface area is 136 Å². The molecular formula is C15H16ClN3O4. The van der Waals surface area contributed by atoms with Crippen molar-refractivity contribution in [2.24, 2.45) is 0 Å². The number of aromatic nitrogens is 2. The Morgan fingerprint density at radius 2 is 2.04 bits per heavy atom. The number of hydrogen-bond acceptors (Lipinski definition) is 4. The van der Waals surface area contributed by atoms with E-state index in [0.717, 1.165) is 5.56 Å². The van der Waals surface area contributed by atoms with Crippen LogP contribution in [0.5, 0.6) is 5.75 Å². The van der Waals surface area contributed by atoms with Gasteiger partial charge in [-0.15, -0.1) is 0 Å². The average molecular weight is 338 g/mol. The van der Waals surface area contributed by atoms with Crippen molar-refractivity contribution in [1.82, 2.24) is 9.97 Å². The van der Waals surface area contributed by atoms with Crippen LogP contribution in [0.4, 0.5) is 5.69 Å². The summed E-state index contributed by atoms with van der Waals surface area (Å²) in [7, 11) is 0. The van der Waals surface area contributed by atoms with Gasteiger partial charge in [0.25, 0.3) is 11.5 Å². The lowest BCUT2D eigenvalue weighted by molar-refractivity contribution is -0.118. The molecule has 0 fully saturated rings. The topological polar surface area (TPSA) is 104 Å². The molecule has 8 heteroatoms. The van der Waals surface area contributed by atoms with E-state index >= 15 is 0 Å². The number of aryl methyl sites for hydroxylation is 2. The van der Waals surface area contributed by atoms with Gasteiger partial charge in [-0.25, -0.2) is 4.79 Å². The minimum Gasteiger partial charge on any atom is -0.483 e. The smallest absolute Gasteiger partial charge is 0.326 e. The molecular weight excluding hydrogens is 322 g/mol. The van der Waals surface area contributed by atoms with Gasteiger partial charge in [0.15, 0.2) is 6.61 Å². The third kappa shape index (κ3) is 4.23. The summed E-state index contributed by atoms with van der Waals surface area (Å²) >= 11 is 5.91. The lowest BCUT2D eigenvalue weighted by Crippen LogP contribution is -2.30. The summed E-state index contributed by atoms with van der Waals surface area (Å²) < 4.78 is 5.47. The largest absolute Gasteiger partial charge is 0.483 e. The fourth-order valence-electron chi connectivity index (χ4n) is 2.03. The predicted molar refractivity (Wildman–Crippen MR) is 87.4 cm³/mol. The number of anilines is 1.